The number of rotatable bonds is 8. The summed E-state index contributed by atoms with van der Waals surface area (Å²) in [5.74, 6) is 2.03. The maximum Gasteiger partial charge on any atom is 0.119 e. The van der Waals surface area contributed by atoms with Crippen molar-refractivity contribution in [3.05, 3.63) is 60.2 Å². The van der Waals surface area contributed by atoms with Crippen molar-refractivity contribution < 1.29 is 4.74 Å². The summed E-state index contributed by atoms with van der Waals surface area (Å²) in [4.78, 5) is 2.17. The highest BCUT2D eigenvalue weighted by Gasteiger charge is 2.05. The minimum atomic E-state index is 0.577. The topological polar surface area (TPSA) is 12.5 Å². The zero-order chi connectivity index (χ0) is 14.9. The van der Waals surface area contributed by atoms with E-state index in [0.717, 1.165) is 30.1 Å². The van der Waals surface area contributed by atoms with E-state index in [-0.39, 0.29) is 0 Å². The Morgan fingerprint density at radius 3 is 2.00 bits per heavy atom. The van der Waals surface area contributed by atoms with Gasteiger partial charge in [-0.1, -0.05) is 30.3 Å². The Labute approximate surface area is 136 Å². The van der Waals surface area contributed by atoms with Crippen LogP contribution in [0.15, 0.2) is 54.6 Å². The van der Waals surface area contributed by atoms with E-state index in [9.17, 15) is 0 Å². The third-order valence-corrected chi connectivity index (χ3v) is 3.50. The Bertz CT molecular complexity index is 510. The van der Waals surface area contributed by atoms with Crippen LogP contribution in [-0.2, 0) is 6.61 Å². The summed E-state index contributed by atoms with van der Waals surface area (Å²) in [7, 11) is 0. The van der Waals surface area contributed by atoms with Crippen molar-refractivity contribution in [2.75, 3.05) is 29.7 Å². The molecule has 0 bridgehead atoms. The average Bonchev–Trinajstić information content (AvgIpc) is 2.54. The summed E-state index contributed by atoms with van der Waals surface area (Å²) in [5, 5.41) is 0. The molecule has 2 aromatic carbocycles. The molecule has 4 heteroatoms. The van der Waals surface area contributed by atoms with Gasteiger partial charge < -0.3 is 9.64 Å². The summed E-state index contributed by atoms with van der Waals surface area (Å²) in [6.07, 6.45) is 0. The molecule has 0 amide bonds. The van der Waals surface area contributed by atoms with Crippen LogP contribution in [0.5, 0.6) is 5.75 Å². The maximum atomic E-state index is 5.82. The zero-order valence-electron chi connectivity index (χ0n) is 11.8. The van der Waals surface area contributed by atoms with Gasteiger partial charge >= 0.3 is 0 Å². The van der Waals surface area contributed by atoms with Gasteiger partial charge in [-0.3, -0.25) is 0 Å². The Balaban J connectivity index is 1.94. The molecule has 0 saturated carbocycles. The van der Waals surface area contributed by atoms with Crippen LogP contribution in [0.3, 0.4) is 0 Å². The minimum Gasteiger partial charge on any atom is -0.489 e. The number of anilines is 1. The van der Waals surface area contributed by atoms with Crippen molar-refractivity contribution in [3.63, 3.8) is 0 Å². The number of nitrogens with zero attached hydrogens (tertiary/aromatic N) is 1. The summed E-state index contributed by atoms with van der Waals surface area (Å²) in [6, 6.07) is 18.2. The van der Waals surface area contributed by atoms with Gasteiger partial charge in [0.25, 0.3) is 0 Å². The molecule has 2 nitrogen and oxygen atoms in total. The number of alkyl halides is 2. The lowest BCUT2D eigenvalue weighted by atomic mass is 10.2. The van der Waals surface area contributed by atoms with E-state index in [1.807, 2.05) is 42.5 Å². The van der Waals surface area contributed by atoms with E-state index in [2.05, 4.69) is 17.0 Å². The molecule has 0 radical (unpaired) electrons. The largest absolute Gasteiger partial charge is 0.489 e. The lowest BCUT2D eigenvalue weighted by molar-refractivity contribution is 0.306. The molecule has 0 aromatic heterocycles. The first-order chi connectivity index (χ1) is 10.3. The first-order valence-corrected chi connectivity index (χ1v) is 8.04. The third-order valence-electron chi connectivity index (χ3n) is 3.16. The molecule has 2 rings (SSSR count). The van der Waals surface area contributed by atoms with Crippen LogP contribution in [0.25, 0.3) is 0 Å². The van der Waals surface area contributed by atoms with E-state index in [4.69, 9.17) is 27.9 Å². The number of halogens is 2. The van der Waals surface area contributed by atoms with Gasteiger partial charge in [-0.2, -0.15) is 0 Å². The second kappa shape index (κ2) is 8.81. The van der Waals surface area contributed by atoms with Crippen LogP contribution in [0.1, 0.15) is 5.56 Å². The molecule has 0 atom stereocenters. The van der Waals surface area contributed by atoms with Crippen molar-refractivity contribution in [2.45, 2.75) is 6.61 Å². The van der Waals surface area contributed by atoms with Crippen LogP contribution >= 0.6 is 23.2 Å². The van der Waals surface area contributed by atoms with Crippen LogP contribution in [0.2, 0.25) is 0 Å². The van der Waals surface area contributed by atoms with Gasteiger partial charge in [0.2, 0.25) is 0 Å². The summed E-state index contributed by atoms with van der Waals surface area (Å²) < 4.78 is 5.78. The molecule has 0 N–H and O–H groups in total. The monoisotopic (exact) mass is 323 g/mol. The molecule has 0 aliphatic rings. The molecule has 2 aromatic rings. The molecular weight excluding hydrogens is 305 g/mol. The average molecular weight is 324 g/mol. The predicted octanol–water partition coefficient (Wildman–Crippen LogP) is 4.55. The number of benzene rings is 2. The van der Waals surface area contributed by atoms with Gasteiger partial charge in [0, 0.05) is 30.5 Å². The van der Waals surface area contributed by atoms with Crippen molar-refractivity contribution in [1.82, 2.24) is 0 Å². The summed E-state index contributed by atoms with van der Waals surface area (Å²) >= 11 is 11.6. The molecule has 0 aliphatic carbocycles. The van der Waals surface area contributed by atoms with E-state index in [0.29, 0.717) is 18.4 Å². The van der Waals surface area contributed by atoms with Crippen molar-refractivity contribution in [2.24, 2.45) is 0 Å². The van der Waals surface area contributed by atoms with Crippen molar-refractivity contribution in [1.29, 1.82) is 0 Å². The smallest absolute Gasteiger partial charge is 0.119 e. The number of ether oxygens (including phenoxy) is 1. The first-order valence-electron chi connectivity index (χ1n) is 6.97. The fraction of sp³-hybridized carbons (Fsp3) is 0.294. The molecule has 112 valence electrons. The van der Waals surface area contributed by atoms with Crippen LogP contribution in [0, 0.1) is 0 Å². The molecule has 0 unspecified atom stereocenters. The quantitative estimate of drug-likeness (QED) is 0.661. The number of hydrogen-bond donors (Lipinski definition) is 0. The third kappa shape index (κ3) is 5.14. The van der Waals surface area contributed by atoms with E-state index in [1.165, 1.54) is 0 Å². The van der Waals surface area contributed by atoms with Crippen LogP contribution < -0.4 is 9.64 Å². The molecule has 21 heavy (non-hydrogen) atoms. The van der Waals surface area contributed by atoms with Gasteiger partial charge in [0.05, 0.1) is 0 Å². The molecule has 0 fully saturated rings. The minimum absolute atomic E-state index is 0.577. The Hall–Kier alpha value is -1.38. The fourth-order valence-corrected chi connectivity index (χ4v) is 2.48. The van der Waals surface area contributed by atoms with Gasteiger partial charge in [-0.05, 0) is 29.8 Å². The van der Waals surface area contributed by atoms with Gasteiger partial charge in [0.15, 0.2) is 0 Å². The number of hydrogen-bond acceptors (Lipinski definition) is 2. The SMILES string of the molecule is ClCCN(CCCl)c1ccc(OCc2ccccc2)cc1. The second-order valence-corrected chi connectivity index (χ2v) is 5.39. The lowest BCUT2D eigenvalue weighted by Gasteiger charge is -2.23. The Morgan fingerprint density at radius 2 is 1.43 bits per heavy atom. The molecule has 0 saturated heterocycles. The Kier molecular flexibility index (Phi) is 6.71. The van der Waals surface area contributed by atoms with E-state index >= 15 is 0 Å². The normalized spacial score (nSPS) is 10.4. The summed E-state index contributed by atoms with van der Waals surface area (Å²) in [5.41, 5.74) is 2.27. The zero-order valence-corrected chi connectivity index (χ0v) is 13.4. The predicted molar refractivity (Wildman–Crippen MR) is 90.9 cm³/mol. The van der Waals surface area contributed by atoms with E-state index < -0.39 is 0 Å². The first kappa shape index (κ1) is 16.0. The van der Waals surface area contributed by atoms with Crippen LogP contribution in [0.4, 0.5) is 5.69 Å². The van der Waals surface area contributed by atoms with Gasteiger partial charge in [-0.25, -0.2) is 0 Å². The van der Waals surface area contributed by atoms with Crippen molar-refractivity contribution in [3.8, 4) is 5.75 Å². The molecule has 0 heterocycles. The van der Waals surface area contributed by atoms with Crippen LogP contribution in [-0.4, -0.2) is 24.8 Å². The van der Waals surface area contributed by atoms with Gasteiger partial charge in [0.1, 0.15) is 12.4 Å². The lowest BCUT2D eigenvalue weighted by Crippen LogP contribution is -2.27. The van der Waals surface area contributed by atoms with E-state index in [1.54, 1.807) is 0 Å². The van der Waals surface area contributed by atoms with Crippen molar-refractivity contribution >= 4 is 28.9 Å². The highest BCUT2D eigenvalue weighted by atomic mass is 35.5. The second-order valence-electron chi connectivity index (χ2n) is 4.63. The van der Waals surface area contributed by atoms with Gasteiger partial charge in [-0.15, -0.1) is 23.2 Å². The fourth-order valence-electron chi connectivity index (χ4n) is 2.07. The highest BCUT2D eigenvalue weighted by Crippen LogP contribution is 2.20. The highest BCUT2D eigenvalue weighted by molar-refractivity contribution is 6.18. The summed E-state index contributed by atoms with van der Waals surface area (Å²) in [6.45, 7) is 2.16. The molecule has 0 aliphatic heterocycles. The maximum absolute atomic E-state index is 5.82. The molecular formula is C17H19Cl2NO. The standard InChI is InChI=1S/C17H19Cl2NO/c18-10-12-20(13-11-19)16-6-8-17(9-7-16)21-14-15-4-2-1-3-5-15/h1-9H,10-14H2. The molecule has 0 spiro atoms. The Morgan fingerprint density at radius 1 is 0.810 bits per heavy atom.